The van der Waals surface area contributed by atoms with Crippen LogP contribution >= 0.6 is 11.6 Å². The number of halogens is 1. The topological polar surface area (TPSA) is 49.1 Å². The van der Waals surface area contributed by atoms with Gasteiger partial charge in [-0.25, -0.2) is 9.89 Å². The molecule has 1 aliphatic carbocycles. The zero-order chi connectivity index (χ0) is 22.8. The molecule has 1 aliphatic heterocycles. The van der Waals surface area contributed by atoms with Gasteiger partial charge in [-0.1, -0.05) is 54.8 Å². The molecule has 1 aromatic heterocycles. The van der Waals surface area contributed by atoms with Crippen LogP contribution in [0.5, 0.6) is 0 Å². The van der Waals surface area contributed by atoms with Crippen molar-refractivity contribution < 1.29 is 9.21 Å². The number of nitrogens with zero attached hydrogens (tertiary/aromatic N) is 3. The normalized spacial score (nSPS) is 18.7. The molecule has 5 rings (SSSR count). The first-order chi connectivity index (χ1) is 16.1. The van der Waals surface area contributed by atoms with Gasteiger partial charge < -0.3 is 9.32 Å². The molecule has 0 N–H and O–H groups in total. The molecule has 1 unspecified atom stereocenters. The number of carbonyl (C=O) groups is 1. The lowest BCUT2D eigenvalue weighted by Crippen LogP contribution is -2.48. The molecule has 2 aromatic carbocycles. The molecule has 1 atom stereocenters. The number of amides is 1. The van der Waals surface area contributed by atoms with E-state index in [4.69, 9.17) is 21.0 Å². The summed E-state index contributed by atoms with van der Waals surface area (Å²) in [5.41, 5.74) is 2.89. The van der Waals surface area contributed by atoms with Crippen LogP contribution in [0.15, 0.2) is 76.3 Å². The van der Waals surface area contributed by atoms with Gasteiger partial charge in [0.05, 0.1) is 18.5 Å². The number of rotatable bonds is 6. The average molecular weight is 462 g/mol. The van der Waals surface area contributed by atoms with Gasteiger partial charge in [0.2, 0.25) is 5.96 Å². The number of benzene rings is 2. The summed E-state index contributed by atoms with van der Waals surface area (Å²) in [4.78, 5) is 22.9. The molecule has 6 heteroatoms. The highest BCUT2D eigenvalue weighted by Crippen LogP contribution is 2.33. The SMILES string of the molecule is Cc1cc(Cl)ccc1N1C(=O)C(Cc2ccccc2)N=C1N(Cc1ccco1)C1CCCC1. The van der Waals surface area contributed by atoms with Crippen LogP contribution in [0.25, 0.3) is 0 Å². The van der Waals surface area contributed by atoms with Gasteiger partial charge >= 0.3 is 0 Å². The summed E-state index contributed by atoms with van der Waals surface area (Å²) in [5, 5.41) is 0.658. The summed E-state index contributed by atoms with van der Waals surface area (Å²) in [6, 6.07) is 19.5. The lowest BCUT2D eigenvalue weighted by atomic mass is 10.1. The van der Waals surface area contributed by atoms with Crippen LogP contribution in [-0.2, 0) is 17.8 Å². The first kappa shape index (κ1) is 21.8. The van der Waals surface area contributed by atoms with Gasteiger partial charge in [0, 0.05) is 17.5 Å². The second kappa shape index (κ2) is 9.44. The molecule has 3 aromatic rings. The summed E-state index contributed by atoms with van der Waals surface area (Å²) >= 11 is 6.24. The van der Waals surface area contributed by atoms with Gasteiger partial charge in [-0.3, -0.25) is 4.79 Å². The second-order valence-electron chi connectivity index (χ2n) is 8.88. The number of hydrogen-bond donors (Lipinski definition) is 0. The van der Waals surface area contributed by atoms with Crippen molar-refractivity contribution in [2.75, 3.05) is 4.90 Å². The summed E-state index contributed by atoms with van der Waals surface area (Å²) < 4.78 is 5.70. The molecule has 2 aliphatic rings. The molecule has 170 valence electrons. The molecule has 2 heterocycles. The van der Waals surface area contributed by atoms with Crippen molar-refractivity contribution in [2.45, 2.75) is 57.7 Å². The predicted octanol–water partition coefficient (Wildman–Crippen LogP) is 6.00. The minimum absolute atomic E-state index is 0.00159. The maximum Gasteiger partial charge on any atom is 0.259 e. The Morgan fingerprint density at radius 2 is 1.88 bits per heavy atom. The summed E-state index contributed by atoms with van der Waals surface area (Å²) in [6.45, 7) is 2.58. The van der Waals surface area contributed by atoms with Crippen molar-refractivity contribution in [3.05, 3.63) is 88.8 Å². The monoisotopic (exact) mass is 461 g/mol. The van der Waals surface area contributed by atoms with E-state index in [1.165, 1.54) is 12.8 Å². The van der Waals surface area contributed by atoms with Crippen molar-refractivity contribution in [1.82, 2.24) is 4.90 Å². The minimum Gasteiger partial charge on any atom is -0.467 e. The van der Waals surface area contributed by atoms with Gasteiger partial charge in [-0.15, -0.1) is 0 Å². The van der Waals surface area contributed by atoms with Gasteiger partial charge in [0.25, 0.3) is 5.91 Å². The Morgan fingerprint density at radius 3 is 2.58 bits per heavy atom. The number of aryl methyl sites for hydroxylation is 1. The molecule has 0 bridgehead atoms. The van der Waals surface area contributed by atoms with Gasteiger partial charge in [-0.05, 0) is 61.2 Å². The maximum absolute atomic E-state index is 13.8. The zero-order valence-corrected chi connectivity index (χ0v) is 19.5. The van der Waals surface area contributed by atoms with Crippen LogP contribution in [0, 0.1) is 6.92 Å². The Kier molecular flexibility index (Phi) is 6.23. The van der Waals surface area contributed by atoms with Crippen molar-refractivity contribution in [1.29, 1.82) is 0 Å². The van der Waals surface area contributed by atoms with E-state index in [-0.39, 0.29) is 5.91 Å². The average Bonchev–Trinajstić information content (AvgIpc) is 3.57. The van der Waals surface area contributed by atoms with Crippen molar-refractivity contribution >= 4 is 29.2 Å². The zero-order valence-electron chi connectivity index (χ0n) is 18.8. The lowest BCUT2D eigenvalue weighted by Gasteiger charge is -2.34. The maximum atomic E-state index is 13.8. The highest BCUT2D eigenvalue weighted by molar-refractivity contribution is 6.31. The molecule has 0 radical (unpaired) electrons. The molecule has 0 spiro atoms. The van der Waals surface area contributed by atoms with Crippen molar-refractivity contribution in [3.63, 3.8) is 0 Å². The third kappa shape index (κ3) is 4.55. The predicted molar refractivity (Wildman–Crippen MR) is 132 cm³/mol. The van der Waals surface area contributed by atoms with E-state index in [1.807, 2.05) is 55.5 Å². The summed E-state index contributed by atoms with van der Waals surface area (Å²) in [6.07, 6.45) is 6.83. The summed E-state index contributed by atoms with van der Waals surface area (Å²) in [5.74, 6) is 1.59. The largest absolute Gasteiger partial charge is 0.467 e. The quantitative estimate of drug-likeness (QED) is 0.452. The molecule has 1 fully saturated rings. The molecule has 33 heavy (non-hydrogen) atoms. The first-order valence-electron chi connectivity index (χ1n) is 11.6. The Hall–Kier alpha value is -3.05. The van der Waals surface area contributed by atoms with E-state index in [1.54, 1.807) is 11.2 Å². The Bertz CT molecular complexity index is 1140. The number of guanidine groups is 1. The van der Waals surface area contributed by atoms with Crippen molar-refractivity contribution in [2.24, 2.45) is 4.99 Å². The Morgan fingerprint density at radius 1 is 1.09 bits per heavy atom. The van der Waals surface area contributed by atoms with E-state index in [9.17, 15) is 4.79 Å². The number of anilines is 1. The second-order valence-corrected chi connectivity index (χ2v) is 9.32. The third-order valence-corrected chi connectivity index (χ3v) is 6.81. The number of carbonyl (C=O) groups excluding carboxylic acids is 1. The van der Waals surface area contributed by atoms with E-state index in [0.717, 1.165) is 41.4 Å². The van der Waals surface area contributed by atoms with Crippen LogP contribution in [-0.4, -0.2) is 28.9 Å². The fourth-order valence-corrected chi connectivity index (χ4v) is 5.15. The van der Waals surface area contributed by atoms with Gasteiger partial charge in [-0.2, -0.15) is 0 Å². The molecular formula is C27H28ClN3O2. The molecule has 1 saturated carbocycles. The van der Waals surface area contributed by atoms with Crippen LogP contribution in [0.4, 0.5) is 5.69 Å². The van der Waals surface area contributed by atoms with Crippen LogP contribution < -0.4 is 4.90 Å². The molecule has 0 saturated heterocycles. The fraction of sp³-hybridized carbons (Fsp3) is 0.333. The smallest absolute Gasteiger partial charge is 0.259 e. The highest BCUT2D eigenvalue weighted by Gasteiger charge is 2.41. The van der Waals surface area contributed by atoms with E-state index >= 15 is 0 Å². The minimum atomic E-state index is -0.460. The fourth-order valence-electron chi connectivity index (χ4n) is 4.92. The number of aliphatic imine (C=N–C) groups is 1. The molecule has 5 nitrogen and oxygen atoms in total. The Labute approximate surface area is 199 Å². The van der Waals surface area contributed by atoms with Gasteiger partial charge in [0.1, 0.15) is 11.8 Å². The van der Waals surface area contributed by atoms with Crippen LogP contribution in [0.1, 0.15) is 42.6 Å². The number of furan rings is 1. The van der Waals surface area contributed by atoms with Crippen LogP contribution in [0.3, 0.4) is 0 Å². The molecule has 1 amide bonds. The standard InChI is InChI=1S/C27H28ClN3O2/c1-19-16-21(28)13-14-25(19)31-26(32)24(17-20-8-3-2-4-9-20)29-27(31)30(22-10-5-6-11-22)18-23-12-7-15-33-23/h2-4,7-9,12-16,22,24H,5-6,10-11,17-18H2,1H3. The third-order valence-electron chi connectivity index (χ3n) is 6.58. The lowest BCUT2D eigenvalue weighted by molar-refractivity contribution is -0.118. The Balaban J connectivity index is 1.56. The van der Waals surface area contributed by atoms with E-state index in [0.29, 0.717) is 24.0 Å². The van der Waals surface area contributed by atoms with E-state index in [2.05, 4.69) is 17.0 Å². The summed E-state index contributed by atoms with van der Waals surface area (Å²) in [7, 11) is 0. The van der Waals surface area contributed by atoms with Crippen LogP contribution in [0.2, 0.25) is 5.02 Å². The number of hydrogen-bond acceptors (Lipinski definition) is 4. The van der Waals surface area contributed by atoms with Gasteiger partial charge in [0.15, 0.2) is 0 Å². The first-order valence-corrected chi connectivity index (χ1v) is 12.0. The highest BCUT2D eigenvalue weighted by atomic mass is 35.5. The van der Waals surface area contributed by atoms with Crippen molar-refractivity contribution in [3.8, 4) is 0 Å². The molecular weight excluding hydrogens is 434 g/mol. The van der Waals surface area contributed by atoms with E-state index < -0.39 is 6.04 Å².